The van der Waals surface area contributed by atoms with Gasteiger partial charge in [0.2, 0.25) is 10.0 Å². The molecule has 1 aromatic heterocycles. The third-order valence-electron chi connectivity index (χ3n) is 1.03. The molecular formula is C5H5ClN2O2S. The molecule has 0 radical (unpaired) electrons. The van der Waals surface area contributed by atoms with Crippen molar-refractivity contribution in [3.05, 3.63) is 23.5 Å². The van der Waals surface area contributed by atoms with Crippen LogP contribution in [-0.2, 0) is 10.0 Å². The maximum absolute atomic E-state index is 10.7. The largest absolute Gasteiger partial charge is 0.244 e. The second kappa shape index (κ2) is 2.77. The predicted molar refractivity (Wildman–Crippen MR) is 40.6 cm³/mol. The Morgan fingerprint density at radius 3 is 2.55 bits per heavy atom. The number of sulfonamides is 1. The van der Waals surface area contributed by atoms with Gasteiger partial charge in [-0.1, -0.05) is 11.6 Å². The lowest BCUT2D eigenvalue weighted by Crippen LogP contribution is -2.11. The zero-order valence-electron chi connectivity index (χ0n) is 5.36. The standard InChI is InChI=1S/C5H5ClN2O2S/c6-5-3-4(1-2-8-5)11(7,9)10/h1-3H,(H2,7,9,10). The van der Waals surface area contributed by atoms with E-state index < -0.39 is 10.0 Å². The molecule has 0 unspecified atom stereocenters. The Morgan fingerprint density at radius 1 is 1.55 bits per heavy atom. The van der Waals surface area contributed by atoms with Gasteiger partial charge in [-0.25, -0.2) is 18.5 Å². The van der Waals surface area contributed by atoms with Crippen LogP contribution >= 0.6 is 11.6 Å². The van der Waals surface area contributed by atoms with Crippen molar-refractivity contribution in [2.45, 2.75) is 4.90 Å². The molecule has 0 aliphatic carbocycles. The highest BCUT2D eigenvalue weighted by Gasteiger charge is 2.06. The minimum atomic E-state index is -3.65. The summed E-state index contributed by atoms with van der Waals surface area (Å²) in [6.45, 7) is 0. The summed E-state index contributed by atoms with van der Waals surface area (Å²) in [5.41, 5.74) is 0. The van der Waals surface area contributed by atoms with E-state index in [0.29, 0.717) is 0 Å². The fourth-order valence-electron chi connectivity index (χ4n) is 0.562. The first-order chi connectivity index (χ1) is 5.00. The molecule has 0 aliphatic heterocycles. The summed E-state index contributed by atoms with van der Waals surface area (Å²) >= 11 is 5.42. The van der Waals surface area contributed by atoms with Crippen molar-refractivity contribution in [1.82, 2.24) is 4.98 Å². The Hall–Kier alpha value is -0.650. The molecule has 6 heteroatoms. The van der Waals surface area contributed by atoms with Gasteiger partial charge in [0.05, 0.1) is 4.90 Å². The zero-order valence-corrected chi connectivity index (χ0v) is 6.93. The highest BCUT2D eigenvalue weighted by Crippen LogP contribution is 2.10. The van der Waals surface area contributed by atoms with E-state index in [4.69, 9.17) is 16.7 Å². The Labute approximate surface area is 69.1 Å². The van der Waals surface area contributed by atoms with Crippen molar-refractivity contribution in [2.75, 3.05) is 0 Å². The monoisotopic (exact) mass is 192 g/mol. The molecule has 0 atom stereocenters. The molecule has 0 saturated heterocycles. The fourth-order valence-corrected chi connectivity index (χ4v) is 1.33. The number of primary sulfonamides is 1. The molecule has 1 aromatic rings. The van der Waals surface area contributed by atoms with Crippen molar-refractivity contribution in [3.8, 4) is 0 Å². The molecule has 0 saturated carbocycles. The number of pyridine rings is 1. The van der Waals surface area contributed by atoms with Gasteiger partial charge in [-0.15, -0.1) is 0 Å². The summed E-state index contributed by atoms with van der Waals surface area (Å²) < 4.78 is 21.4. The Bertz CT molecular complexity index is 363. The molecule has 0 aromatic carbocycles. The van der Waals surface area contributed by atoms with Crippen LogP contribution in [0, 0.1) is 0 Å². The Balaban J connectivity index is 3.28. The van der Waals surface area contributed by atoms with Gasteiger partial charge in [-0.2, -0.15) is 0 Å². The summed E-state index contributed by atoms with van der Waals surface area (Å²) in [6.07, 6.45) is 1.28. The molecule has 2 N–H and O–H groups in total. The number of nitrogens with zero attached hydrogens (tertiary/aromatic N) is 1. The zero-order chi connectivity index (χ0) is 8.48. The molecular weight excluding hydrogens is 188 g/mol. The molecule has 0 bridgehead atoms. The lowest BCUT2D eigenvalue weighted by molar-refractivity contribution is 0.597. The number of rotatable bonds is 1. The number of hydrogen-bond donors (Lipinski definition) is 1. The summed E-state index contributed by atoms with van der Waals surface area (Å²) in [5.74, 6) is 0. The van der Waals surface area contributed by atoms with E-state index in [1.165, 1.54) is 18.3 Å². The smallest absolute Gasteiger partial charge is 0.238 e. The van der Waals surface area contributed by atoms with Crippen molar-refractivity contribution in [2.24, 2.45) is 5.14 Å². The van der Waals surface area contributed by atoms with Crippen molar-refractivity contribution in [1.29, 1.82) is 0 Å². The van der Waals surface area contributed by atoms with E-state index >= 15 is 0 Å². The molecule has 11 heavy (non-hydrogen) atoms. The van der Waals surface area contributed by atoms with Crippen LogP contribution in [0.2, 0.25) is 5.15 Å². The van der Waals surface area contributed by atoms with Gasteiger partial charge in [-0.3, -0.25) is 0 Å². The highest BCUT2D eigenvalue weighted by molar-refractivity contribution is 7.89. The fraction of sp³-hybridized carbons (Fsp3) is 0. The number of aromatic nitrogens is 1. The SMILES string of the molecule is NS(=O)(=O)c1ccnc(Cl)c1. The third-order valence-corrected chi connectivity index (χ3v) is 2.14. The van der Waals surface area contributed by atoms with E-state index in [2.05, 4.69) is 4.98 Å². The summed E-state index contributed by atoms with van der Waals surface area (Å²) in [5, 5.41) is 4.92. The molecule has 4 nitrogen and oxygen atoms in total. The topological polar surface area (TPSA) is 73.1 Å². The molecule has 0 aliphatic rings. The van der Waals surface area contributed by atoms with E-state index in [1.807, 2.05) is 0 Å². The summed E-state index contributed by atoms with van der Waals surface area (Å²) in [7, 11) is -3.65. The average molecular weight is 193 g/mol. The van der Waals surface area contributed by atoms with Crippen LogP contribution in [0.5, 0.6) is 0 Å². The van der Waals surface area contributed by atoms with Gasteiger partial charge >= 0.3 is 0 Å². The van der Waals surface area contributed by atoms with Gasteiger partial charge in [-0.05, 0) is 12.1 Å². The second-order valence-electron chi connectivity index (χ2n) is 1.86. The van der Waals surface area contributed by atoms with Gasteiger partial charge in [0.15, 0.2) is 0 Å². The van der Waals surface area contributed by atoms with Crippen LogP contribution < -0.4 is 5.14 Å². The van der Waals surface area contributed by atoms with Crippen LogP contribution in [0.3, 0.4) is 0 Å². The highest BCUT2D eigenvalue weighted by atomic mass is 35.5. The number of nitrogens with two attached hydrogens (primary N) is 1. The molecule has 1 heterocycles. The summed E-state index contributed by atoms with van der Waals surface area (Å²) in [4.78, 5) is 3.57. The van der Waals surface area contributed by atoms with Crippen LogP contribution in [-0.4, -0.2) is 13.4 Å². The van der Waals surface area contributed by atoms with Crippen LogP contribution in [0.4, 0.5) is 0 Å². The van der Waals surface area contributed by atoms with Crippen LogP contribution in [0.25, 0.3) is 0 Å². The van der Waals surface area contributed by atoms with Crippen LogP contribution in [0.1, 0.15) is 0 Å². The van der Waals surface area contributed by atoms with Gasteiger partial charge in [0.25, 0.3) is 0 Å². The Kier molecular flexibility index (Phi) is 2.12. The van der Waals surface area contributed by atoms with E-state index in [1.54, 1.807) is 0 Å². The molecule has 1 rings (SSSR count). The average Bonchev–Trinajstić information content (AvgIpc) is 1.86. The first kappa shape index (κ1) is 8.45. The van der Waals surface area contributed by atoms with Crippen LogP contribution in [0.15, 0.2) is 23.2 Å². The molecule has 0 spiro atoms. The molecule has 60 valence electrons. The van der Waals surface area contributed by atoms with E-state index in [0.717, 1.165) is 0 Å². The van der Waals surface area contributed by atoms with Crippen molar-refractivity contribution >= 4 is 21.6 Å². The lowest BCUT2D eigenvalue weighted by Gasteiger charge is -1.95. The number of halogens is 1. The first-order valence-corrected chi connectivity index (χ1v) is 4.57. The van der Waals surface area contributed by atoms with E-state index in [-0.39, 0.29) is 10.0 Å². The van der Waals surface area contributed by atoms with Crippen molar-refractivity contribution in [3.63, 3.8) is 0 Å². The van der Waals surface area contributed by atoms with E-state index in [9.17, 15) is 8.42 Å². The normalized spacial score (nSPS) is 11.5. The summed E-state index contributed by atoms with van der Waals surface area (Å²) in [6, 6.07) is 2.47. The maximum Gasteiger partial charge on any atom is 0.238 e. The minimum absolute atomic E-state index is 0.0301. The third kappa shape index (κ3) is 2.14. The van der Waals surface area contributed by atoms with Gasteiger partial charge < -0.3 is 0 Å². The first-order valence-electron chi connectivity index (χ1n) is 2.64. The second-order valence-corrected chi connectivity index (χ2v) is 3.81. The quantitative estimate of drug-likeness (QED) is 0.654. The lowest BCUT2D eigenvalue weighted by atomic mass is 10.5. The minimum Gasteiger partial charge on any atom is -0.244 e. The Morgan fingerprint density at radius 2 is 2.18 bits per heavy atom. The molecule has 0 amide bonds. The molecule has 0 fully saturated rings. The van der Waals surface area contributed by atoms with Crippen molar-refractivity contribution < 1.29 is 8.42 Å². The number of hydrogen-bond acceptors (Lipinski definition) is 3. The van der Waals surface area contributed by atoms with Gasteiger partial charge in [0, 0.05) is 6.20 Å². The predicted octanol–water partition coefficient (Wildman–Crippen LogP) is 0.382. The maximum atomic E-state index is 10.7. The van der Waals surface area contributed by atoms with Gasteiger partial charge in [0.1, 0.15) is 5.15 Å².